The number of ether oxygens (including phenoxy) is 1. The molecular weight excluding hydrogens is 304 g/mol. The Labute approximate surface area is 120 Å². The molecule has 0 radical (unpaired) electrons. The van der Waals surface area contributed by atoms with Crippen LogP contribution in [0, 0.1) is 5.92 Å². The minimum absolute atomic E-state index is 0.0193. The van der Waals surface area contributed by atoms with Gasteiger partial charge < -0.3 is 9.72 Å². The lowest BCUT2D eigenvalue weighted by Crippen LogP contribution is -2.39. The van der Waals surface area contributed by atoms with E-state index in [1.54, 1.807) is 5.38 Å². The Balaban J connectivity index is 2.05. The van der Waals surface area contributed by atoms with Crippen LogP contribution in [-0.4, -0.2) is 31.7 Å². The standard InChI is InChI=1S/C11H16N2O5S2/c1-18-10(14)8-3-2-4-9(8)20(16,17)12-5-7-6-19-11(15)13-7/h6,8-9,12H,2-5H2,1H3,(H,13,15). The molecule has 2 N–H and O–H groups in total. The van der Waals surface area contributed by atoms with Gasteiger partial charge in [-0.15, -0.1) is 0 Å². The van der Waals surface area contributed by atoms with Gasteiger partial charge in [0, 0.05) is 11.1 Å². The number of methoxy groups -OCH3 is 1. The highest BCUT2D eigenvalue weighted by molar-refractivity contribution is 7.90. The van der Waals surface area contributed by atoms with Crippen molar-refractivity contribution < 1.29 is 17.9 Å². The van der Waals surface area contributed by atoms with Crippen LogP contribution in [0.1, 0.15) is 25.0 Å². The number of nitrogens with one attached hydrogen (secondary N) is 2. The van der Waals surface area contributed by atoms with Crippen LogP contribution in [0.3, 0.4) is 0 Å². The fraction of sp³-hybridized carbons (Fsp3) is 0.636. The van der Waals surface area contributed by atoms with Crippen LogP contribution in [0.25, 0.3) is 0 Å². The largest absolute Gasteiger partial charge is 0.469 e. The van der Waals surface area contributed by atoms with Gasteiger partial charge in [0.2, 0.25) is 10.0 Å². The SMILES string of the molecule is COC(=O)C1CCCC1S(=O)(=O)NCc1csc(=O)[nH]1. The number of aromatic nitrogens is 1. The Bertz CT molecular complexity index is 633. The molecule has 1 aromatic heterocycles. The lowest BCUT2D eigenvalue weighted by atomic mass is 10.1. The van der Waals surface area contributed by atoms with E-state index in [1.807, 2.05) is 0 Å². The first kappa shape index (κ1) is 15.2. The Kier molecular flexibility index (Phi) is 4.61. The first-order valence-electron chi connectivity index (χ1n) is 6.17. The fourth-order valence-corrected chi connectivity index (χ4v) is 4.71. The van der Waals surface area contributed by atoms with Crippen molar-refractivity contribution in [2.24, 2.45) is 5.92 Å². The topological polar surface area (TPSA) is 105 Å². The molecule has 0 aromatic carbocycles. The summed E-state index contributed by atoms with van der Waals surface area (Å²) in [6.45, 7) is 0.0193. The normalized spacial score (nSPS) is 22.9. The Hall–Kier alpha value is -1.19. The van der Waals surface area contributed by atoms with E-state index < -0.39 is 27.2 Å². The average Bonchev–Trinajstić information content (AvgIpc) is 3.04. The van der Waals surface area contributed by atoms with Crippen LogP contribution in [-0.2, 0) is 26.1 Å². The minimum Gasteiger partial charge on any atom is -0.469 e. The van der Waals surface area contributed by atoms with Crippen molar-refractivity contribution in [3.05, 3.63) is 20.7 Å². The predicted octanol–water partition coefficient (Wildman–Crippen LogP) is 0.198. The van der Waals surface area contributed by atoms with Gasteiger partial charge in [-0.05, 0) is 12.8 Å². The van der Waals surface area contributed by atoms with Gasteiger partial charge in [0.15, 0.2) is 0 Å². The molecule has 112 valence electrons. The maximum absolute atomic E-state index is 12.2. The Morgan fingerprint density at radius 3 is 2.90 bits per heavy atom. The van der Waals surface area contributed by atoms with Gasteiger partial charge >= 0.3 is 10.8 Å². The van der Waals surface area contributed by atoms with Gasteiger partial charge in [-0.25, -0.2) is 13.1 Å². The molecule has 1 heterocycles. The van der Waals surface area contributed by atoms with E-state index in [-0.39, 0.29) is 11.4 Å². The van der Waals surface area contributed by atoms with Crippen molar-refractivity contribution in [2.45, 2.75) is 31.1 Å². The molecule has 1 saturated carbocycles. The first-order valence-corrected chi connectivity index (χ1v) is 8.59. The van der Waals surface area contributed by atoms with Gasteiger partial charge in [0.1, 0.15) is 0 Å². The van der Waals surface area contributed by atoms with Gasteiger partial charge in [-0.1, -0.05) is 17.8 Å². The molecular formula is C11H16N2O5S2. The molecule has 1 fully saturated rings. The predicted molar refractivity (Wildman–Crippen MR) is 73.8 cm³/mol. The number of carbonyl (C=O) groups is 1. The fourth-order valence-electron chi connectivity index (χ4n) is 2.40. The minimum atomic E-state index is -3.62. The third-order valence-electron chi connectivity index (χ3n) is 3.39. The maximum atomic E-state index is 12.2. The van der Waals surface area contributed by atoms with E-state index in [9.17, 15) is 18.0 Å². The lowest BCUT2D eigenvalue weighted by Gasteiger charge is -2.18. The first-order chi connectivity index (χ1) is 9.44. The molecule has 2 atom stereocenters. The highest BCUT2D eigenvalue weighted by Gasteiger charge is 2.42. The summed E-state index contributed by atoms with van der Waals surface area (Å²) in [5, 5.41) is 0.803. The van der Waals surface area contributed by atoms with Crippen molar-refractivity contribution in [1.29, 1.82) is 0 Å². The second kappa shape index (κ2) is 6.06. The molecule has 0 spiro atoms. The molecule has 2 unspecified atom stereocenters. The average molecular weight is 320 g/mol. The number of sulfonamides is 1. The molecule has 1 aliphatic rings. The molecule has 0 amide bonds. The van der Waals surface area contributed by atoms with E-state index in [2.05, 4.69) is 14.4 Å². The monoisotopic (exact) mass is 320 g/mol. The van der Waals surface area contributed by atoms with Crippen molar-refractivity contribution in [3.63, 3.8) is 0 Å². The Morgan fingerprint density at radius 2 is 2.30 bits per heavy atom. The number of hydrogen-bond donors (Lipinski definition) is 2. The van der Waals surface area contributed by atoms with Crippen molar-refractivity contribution in [3.8, 4) is 0 Å². The van der Waals surface area contributed by atoms with Gasteiger partial charge in [-0.2, -0.15) is 0 Å². The van der Waals surface area contributed by atoms with Crippen LogP contribution in [0.2, 0.25) is 0 Å². The zero-order valence-electron chi connectivity index (χ0n) is 10.9. The summed E-state index contributed by atoms with van der Waals surface area (Å²) in [4.78, 5) is 24.9. The molecule has 7 nitrogen and oxygen atoms in total. The summed E-state index contributed by atoms with van der Waals surface area (Å²) < 4.78 is 31.6. The molecule has 0 aliphatic heterocycles. The third-order valence-corrected chi connectivity index (χ3v) is 6.02. The third kappa shape index (κ3) is 3.28. The van der Waals surface area contributed by atoms with Crippen LogP contribution < -0.4 is 9.60 Å². The summed E-state index contributed by atoms with van der Waals surface area (Å²) in [5.41, 5.74) is 0.510. The number of H-pyrrole nitrogens is 1. The summed E-state index contributed by atoms with van der Waals surface area (Å²) in [6, 6.07) is 0. The van der Waals surface area contributed by atoms with Crippen molar-refractivity contribution >= 4 is 27.3 Å². The van der Waals surface area contributed by atoms with E-state index in [0.29, 0.717) is 25.0 Å². The van der Waals surface area contributed by atoms with Crippen LogP contribution in [0.5, 0.6) is 0 Å². The van der Waals surface area contributed by atoms with E-state index in [1.165, 1.54) is 7.11 Å². The van der Waals surface area contributed by atoms with E-state index >= 15 is 0 Å². The smallest absolute Gasteiger partial charge is 0.310 e. The molecule has 0 bridgehead atoms. The highest BCUT2D eigenvalue weighted by Crippen LogP contribution is 2.31. The van der Waals surface area contributed by atoms with Crippen LogP contribution in [0.15, 0.2) is 10.2 Å². The Morgan fingerprint density at radius 1 is 1.55 bits per heavy atom. The summed E-state index contributed by atoms with van der Waals surface area (Å²) in [7, 11) is -2.36. The number of hydrogen-bond acceptors (Lipinski definition) is 6. The van der Waals surface area contributed by atoms with Crippen molar-refractivity contribution in [1.82, 2.24) is 9.71 Å². The number of thiazole rings is 1. The second-order valence-corrected chi connectivity index (χ2v) is 7.46. The number of aromatic amines is 1. The number of rotatable bonds is 5. The lowest BCUT2D eigenvalue weighted by molar-refractivity contribution is -0.145. The molecule has 1 aromatic rings. The van der Waals surface area contributed by atoms with E-state index in [0.717, 1.165) is 11.3 Å². The summed E-state index contributed by atoms with van der Waals surface area (Å²) in [5.74, 6) is -1.10. The summed E-state index contributed by atoms with van der Waals surface area (Å²) >= 11 is 0.976. The summed E-state index contributed by atoms with van der Waals surface area (Å²) in [6.07, 6.45) is 1.64. The van der Waals surface area contributed by atoms with E-state index in [4.69, 9.17) is 0 Å². The number of esters is 1. The second-order valence-electron chi connectivity index (χ2n) is 4.64. The quantitative estimate of drug-likeness (QED) is 0.754. The van der Waals surface area contributed by atoms with Gasteiger partial charge in [-0.3, -0.25) is 9.59 Å². The number of carbonyl (C=O) groups excluding carboxylic acids is 1. The highest BCUT2D eigenvalue weighted by atomic mass is 32.2. The zero-order valence-corrected chi connectivity index (χ0v) is 12.6. The molecule has 1 aliphatic carbocycles. The van der Waals surface area contributed by atoms with Gasteiger partial charge in [0.25, 0.3) is 0 Å². The zero-order chi connectivity index (χ0) is 14.8. The molecule has 2 rings (SSSR count). The maximum Gasteiger partial charge on any atom is 0.310 e. The van der Waals surface area contributed by atoms with Crippen LogP contribution >= 0.6 is 11.3 Å². The molecule has 9 heteroatoms. The van der Waals surface area contributed by atoms with Crippen molar-refractivity contribution in [2.75, 3.05) is 7.11 Å². The molecule has 20 heavy (non-hydrogen) atoms. The van der Waals surface area contributed by atoms with Crippen LogP contribution in [0.4, 0.5) is 0 Å². The molecule has 0 saturated heterocycles. The van der Waals surface area contributed by atoms with Gasteiger partial charge in [0.05, 0.1) is 24.8 Å².